The number of para-hydroxylation sites is 2. The van der Waals surface area contributed by atoms with E-state index in [4.69, 9.17) is 4.74 Å². The van der Waals surface area contributed by atoms with Crippen LogP contribution < -0.4 is 10.6 Å². The van der Waals surface area contributed by atoms with Crippen molar-refractivity contribution in [1.29, 1.82) is 0 Å². The van der Waals surface area contributed by atoms with Gasteiger partial charge in [0, 0.05) is 12.8 Å². The second kappa shape index (κ2) is 9.90. The average molecular weight is 376 g/mol. The van der Waals surface area contributed by atoms with Gasteiger partial charge in [-0.15, -0.1) is 0 Å². The maximum Gasteiger partial charge on any atom is 0.0667 e. The zero-order chi connectivity index (χ0) is 19.8. The Morgan fingerprint density at radius 1 is 0.893 bits per heavy atom. The molecule has 0 amide bonds. The van der Waals surface area contributed by atoms with E-state index in [1.54, 1.807) is 7.11 Å². The summed E-state index contributed by atoms with van der Waals surface area (Å²) >= 11 is 0. The van der Waals surface area contributed by atoms with Crippen molar-refractivity contribution in [2.45, 2.75) is 32.9 Å². The molecule has 1 atom stereocenters. The molecule has 0 spiro atoms. The largest absolute Gasteiger partial charge is 0.383 e. The van der Waals surface area contributed by atoms with Crippen LogP contribution in [-0.2, 0) is 17.7 Å². The number of anilines is 2. The summed E-state index contributed by atoms with van der Waals surface area (Å²) in [6.45, 7) is 5.45. The smallest absolute Gasteiger partial charge is 0.0667 e. The summed E-state index contributed by atoms with van der Waals surface area (Å²) in [7, 11) is 1.75. The lowest BCUT2D eigenvalue weighted by Gasteiger charge is -2.22. The number of methoxy groups -OCH3 is 1. The maximum atomic E-state index is 5.46. The molecule has 0 aliphatic heterocycles. The Morgan fingerprint density at radius 3 is 2.36 bits per heavy atom. The normalized spacial score (nSPS) is 11.8. The molecule has 0 radical (unpaired) electrons. The van der Waals surface area contributed by atoms with E-state index in [2.05, 4.69) is 58.9 Å². The number of pyridine rings is 1. The molecule has 2 N–H and O–H groups in total. The molecule has 1 aromatic heterocycles. The lowest BCUT2D eigenvalue weighted by molar-refractivity contribution is 0.185. The first kappa shape index (κ1) is 19.9. The molecule has 2 aromatic carbocycles. The molecule has 4 heteroatoms. The maximum absolute atomic E-state index is 5.46. The number of nitrogens with zero attached hydrogens (tertiary/aromatic N) is 1. The third-order valence-electron chi connectivity index (χ3n) is 4.66. The molecule has 3 rings (SSSR count). The van der Waals surface area contributed by atoms with Crippen LogP contribution in [0.25, 0.3) is 0 Å². The van der Waals surface area contributed by atoms with Crippen LogP contribution in [0.3, 0.4) is 0 Å². The quantitative estimate of drug-likeness (QED) is 0.554. The van der Waals surface area contributed by atoms with Gasteiger partial charge in [0.1, 0.15) is 0 Å². The van der Waals surface area contributed by atoms with Gasteiger partial charge in [-0.3, -0.25) is 4.98 Å². The minimum Gasteiger partial charge on any atom is -0.383 e. The molecule has 3 aromatic rings. The Balaban J connectivity index is 1.69. The van der Waals surface area contributed by atoms with E-state index in [9.17, 15) is 0 Å². The minimum atomic E-state index is 0.188. The van der Waals surface area contributed by atoms with Gasteiger partial charge in [0.2, 0.25) is 0 Å². The van der Waals surface area contributed by atoms with Gasteiger partial charge >= 0.3 is 0 Å². The SMILES string of the molecule is COC[C@H](Cc1ccc(C)cc1)Nc1ccccc1NCc1cccc(C)n1. The molecule has 0 fully saturated rings. The number of nitrogens with one attached hydrogen (secondary N) is 2. The van der Waals surface area contributed by atoms with Crippen LogP contribution in [0.15, 0.2) is 66.7 Å². The van der Waals surface area contributed by atoms with Crippen LogP contribution in [0.1, 0.15) is 22.5 Å². The number of rotatable bonds is 9. The highest BCUT2D eigenvalue weighted by atomic mass is 16.5. The lowest BCUT2D eigenvalue weighted by Crippen LogP contribution is -2.28. The Bertz CT molecular complexity index is 877. The third kappa shape index (κ3) is 5.83. The molecular formula is C24H29N3O. The summed E-state index contributed by atoms with van der Waals surface area (Å²) in [5.41, 5.74) is 6.78. The van der Waals surface area contributed by atoms with E-state index in [0.29, 0.717) is 13.2 Å². The molecule has 0 aliphatic carbocycles. The van der Waals surface area contributed by atoms with E-state index in [0.717, 1.165) is 29.2 Å². The fourth-order valence-electron chi connectivity index (χ4n) is 3.23. The van der Waals surface area contributed by atoms with Crippen molar-refractivity contribution in [2.75, 3.05) is 24.4 Å². The van der Waals surface area contributed by atoms with Gasteiger partial charge in [0.15, 0.2) is 0 Å². The highest BCUT2D eigenvalue weighted by molar-refractivity contribution is 5.69. The predicted octanol–water partition coefficient (Wildman–Crippen LogP) is 4.98. The van der Waals surface area contributed by atoms with Gasteiger partial charge in [0.05, 0.1) is 36.3 Å². The predicted molar refractivity (Wildman–Crippen MR) is 117 cm³/mol. The second-order valence-corrected chi connectivity index (χ2v) is 7.16. The molecule has 0 unspecified atom stereocenters. The molecule has 28 heavy (non-hydrogen) atoms. The van der Waals surface area contributed by atoms with Gasteiger partial charge < -0.3 is 15.4 Å². The second-order valence-electron chi connectivity index (χ2n) is 7.16. The van der Waals surface area contributed by atoms with Gasteiger partial charge in [0.25, 0.3) is 0 Å². The van der Waals surface area contributed by atoms with Crippen molar-refractivity contribution in [3.8, 4) is 0 Å². The summed E-state index contributed by atoms with van der Waals surface area (Å²) in [6.07, 6.45) is 0.905. The highest BCUT2D eigenvalue weighted by Gasteiger charge is 2.12. The van der Waals surface area contributed by atoms with E-state index < -0.39 is 0 Å². The summed E-state index contributed by atoms with van der Waals surface area (Å²) in [5.74, 6) is 0. The van der Waals surface area contributed by atoms with Crippen molar-refractivity contribution in [2.24, 2.45) is 0 Å². The summed E-state index contributed by atoms with van der Waals surface area (Å²) in [4.78, 5) is 4.57. The molecule has 4 nitrogen and oxygen atoms in total. The first-order valence-electron chi connectivity index (χ1n) is 9.70. The van der Waals surface area contributed by atoms with Crippen LogP contribution in [0.5, 0.6) is 0 Å². The van der Waals surface area contributed by atoms with Gasteiger partial charge in [-0.1, -0.05) is 48.0 Å². The first-order valence-corrected chi connectivity index (χ1v) is 9.70. The molecule has 0 bridgehead atoms. The van der Waals surface area contributed by atoms with Crippen molar-refractivity contribution in [3.05, 3.63) is 89.2 Å². The van der Waals surface area contributed by atoms with Crippen LogP contribution >= 0.6 is 0 Å². The Kier molecular flexibility index (Phi) is 7.04. The van der Waals surface area contributed by atoms with Crippen LogP contribution in [0.4, 0.5) is 11.4 Å². The van der Waals surface area contributed by atoms with Crippen molar-refractivity contribution < 1.29 is 4.74 Å². The van der Waals surface area contributed by atoms with Crippen molar-refractivity contribution in [1.82, 2.24) is 4.98 Å². The van der Waals surface area contributed by atoms with Crippen LogP contribution in [-0.4, -0.2) is 24.7 Å². The van der Waals surface area contributed by atoms with E-state index in [-0.39, 0.29) is 6.04 Å². The van der Waals surface area contributed by atoms with Crippen LogP contribution in [0, 0.1) is 13.8 Å². The molecule has 0 saturated heterocycles. The summed E-state index contributed by atoms with van der Waals surface area (Å²) < 4.78 is 5.46. The van der Waals surface area contributed by atoms with E-state index >= 15 is 0 Å². The van der Waals surface area contributed by atoms with Crippen molar-refractivity contribution >= 4 is 11.4 Å². The topological polar surface area (TPSA) is 46.2 Å². The van der Waals surface area contributed by atoms with E-state index in [1.165, 1.54) is 11.1 Å². The Labute approximate surface area is 168 Å². The average Bonchev–Trinajstić information content (AvgIpc) is 2.69. The Morgan fingerprint density at radius 2 is 1.64 bits per heavy atom. The van der Waals surface area contributed by atoms with Crippen molar-refractivity contribution in [3.63, 3.8) is 0 Å². The molecule has 146 valence electrons. The number of hydrogen-bond acceptors (Lipinski definition) is 4. The summed E-state index contributed by atoms with van der Waals surface area (Å²) in [6, 6.07) is 23.3. The van der Waals surface area contributed by atoms with Gasteiger partial charge in [-0.05, 0) is 50.1 Å². The fourth-order valence-corrected chi connectivity index (χ4v) is 3.23. The number of aromatic nitrogens is 1. The van der Waals surface area contributed by atoms with Crippen LogP contribution in [0.2, 0.25) is 0 Å². The minimum absolute atomic E-state index is 0.188. The number of benzene rings is 2. The monoisotopic (exact) mass is 375 g/mol. The lowest BCUT2D eigenvalue weighted by atomic mass is 10.0. The zero-order valence-electron chi connectivity index (χ0n) is 16.9. The standard InChI is InChI=1S/C24H29N3O/c1-18-11-13-20(14-12-18)15-22(17-28-3)27-24-10-5-4-9-23(24)25-16-21-8-6-7-19(2)26-21/h4-14,22,25,27H,15-17H2,1-3H3/t22-/m0/s1. The molecule has 1 heterocycles. The third-order valence-corrected chi connectivity index (χ3v) is 4.66. The number of ether oxygens (including phenoxy) is 1. The number of hydrogen-bond donors (Lipinski definition) is 2. The first-order chi connectivity index (χ1) is 13.6. The van der Waals surface area contributed by atoms with E-state index in [1.807, 2.05) is 37.3 Å². The highest BCUT2D eigenvalue weighted by Crippen LogP contribution is 2.23. The summed E-state index contributed by atoms with van der Waals surface area (Å²) in [5, 5.41) is 7.16. The fraction of sp³-hybridized carbons (Fsp3) is 0.292. The number of aryl methyl sites for hydroxylation is 2. The molecule has 0 saturated carbocycles. The Hall–Kier alpha value is -2.85. The molecule has 0 aliphatic rings. The molecular weight excluding hydrogens is 346 g/mol. The van der Waals surface area contributed by atoms with Gasteiger partial charge in [-0.25, -0.2) is 0 Å². The van der Waals surface area contributed by atoms with Gasteiger partial charge in [-0.2, -0.15) is 0 Å². The zero-order valence-corrected chi connectivity index (χ0v) is 16.9.